The van der Waals surface area contributed by atoms with Gasteiger partial charge in [-0.2, -0.15) is 0 Å². The molecule has 4 rings (SSSR count). The van der Waals surface area contributed by atoms with Crippen LogP contribution in [0.5, 0.6) is 0 Å². The first-order valence-corrected chi connectivity index (χ1v) is 11.4. The second-order valence-electron chi connectivity index (χ2n) is 7.77. The number of benzene rings is 3. The van der Waals surface area contributed by atoms with Crippen molar-refractivity contribution in [3.63, 3.8) is 0 Å². The van der Waals surface area contributed by atoms with Gasteiger partial charge < -0.3 is 5.32 Å². The molecule has 0 fully saturated rings. The van der Waals surface area contributed by atoms with Crippen LogP contribution in [0.3, 0.4) is 0 Å². The van der Waals surface area contributed by atoms with Gasteiger partial charge in [0, 0.05) is 18.2 Å². The molecule has 0 bridgehead atoms. The van der Waals surface area contributed by atoms with Crippen molar-refractivity contribution in [2.75, 3.05) is 5.32 Å². The van der Waals surface area contributed by atoms with Crippen LogP contribution in [0.25, 0.3) is 16.6 Å². The Bertz CT molecular complexity index is 1390. The Morgan fingerprint density at radius 2 is 1.64 bits per heavy atom. The second kappa shape index (κ2) is 9.42. The van der Waals surface area contributed by atoms with Gasteiger partial charge in [-0.15, -0.1) is 0 Å². The number of carbonyl (C=O) groups is 2. The summed E-state index contributed by atoms with van der Waals surface area (Å²) in [4.78, 5) is 42.4. The molecule has 166 valence electrons. The molecule has 33 heavy (non-hydrogen) atoms. The van der Waals surface area contributed by atoms with Crippen molar-refractivity contribution in [2.45, 2.75) is 31.2 Å². The van der Waals surface area contributed by atoms with E-state index in [1.807, 2.05) is 43.3 Å². The molecule has 1 unspecified atom stereocenters. The summed E-state index contributed by atoms with van der Waals surface area (Å²) in [5, 5.41) is 3.18. The Balaban J connectivity index is 1.70. The molecule has 0 aliphatic carbocycles. The third kappa shape index (κ3) is 4.88. The highest BCUT2D eigenvalue weighted by Gasteiger charge is 2.21. The largest absolute Gasteiger partial charge is 0.326 e. The molecule has 1 amide bonds. The summed E-state index contributed by atoms with van der Waals surface area (Å²) in [7, 11) is 0. The number of anilines is 1. The zero-order valence-corrected chi connectivity index (χ0v) is 19.3. The quantitative estimate of drug-likeness (QED) is 0.250. The summed E-state index contributed by atoms with van der Waals surface area (Å²) < 4.78 is 1.57. The van der Waals surface area contributed by atoms with Crippen molar-refractivity contribution in [2.24, 2.45) is 0 Å². The predicted octanol–water partition coefficient (Wildman–Crippen LogP) is 5.02. The van der Waals surface area contributed by atoms with E-state index in [4.69, 9.17) is 4.98 Å². The number of thioether (sulfide) groups is 1. The fraction of sp³-hybridized carbons (Fsp3) is 0.154. The van der Waals surface area contributed by atoms with Crippen LogP contribution in [0.1, 0.15) is 29.8 Å². The SMILES string of the molecule is CC(=O)Nc1ccc(C(=O)C(C)Sc2nc3ccccc3c(=O)n2-c2ccc(C)cc2)cc1. The van der Waals surface area contributed by atoms with Crippen molar-refractivity contribution in [3.8, 4) is 5.69 Å². The fourth-order valence-electron chi connectivity index (χ4n) is 3.48. The monoisotopic (exact) mass is 457 g/mol. The Hall–Kier alpha value is -3.71. The Morgan fingerprint density at radius 1 is 0.970 bits per heavy atom. The zero-order valence-electron chi connectivity index (χ0n) is 18.5. The molecule has 0 radical (unpaired) electrons. The number of hydrogen-bond acceptors (Lipinski definition) is 5. The van der Waals surface area contributed by atoms with E-state index in [0.29, 0.717) is 33.0 Å². The van der Waals surface area contributed by atoms with Crippen molar-refractivity contribution >= 4 is 40.0 Å². The van der Waals surface area contributed by atoms with Crippen LogP contribution < -0.4 is 10.9 Å². The standard InChI is InChI=1S/C26H23N3O3S/c1-16-8-14-21(15-9-16)29-25(32)22-6-4-5-7-23(22)28-26(29)33-17(2)24(31)19-10-12-20(13-11-19)27-18(3)30/h4-15,17H,1-3H3,(H,27,30). The van der Waals surface area contributed by atoms with Gasteiger partial charge in [-0.25, -0.2) is 4.98 Å². The number of hydrogen-bond donors (Lipinski definition) is 1. The molecule has 0 aliphatic heterocycles. The third-order valence-corrected chi connectivity index (χ3v) is 6.23. The number of para-hydroxylation sites is 1. The van der Waals surface area contributed by atoms with Crippen LogP contribution in [0.4, 0.5) is 5.69 Å². The van der Waals surface area contributed by atoms with Gasteiger partial charge in [0.25, 0.3) is 5.56 Å². The lowest BCUT2D eigenvalue weighted by Crippen LogP contribution is -2.23. The summed E-state index contributed by atoms with van der Waals surface area (Å²) in [6.45, 7) is 5.22. The van der Waals surface area contributed by atoms with Gasteiger partial charge in [-0.1, -0.05) is 41.6 Å². The van der Waals surface area contributed by atoms with E-state index in [0.717, 1.165) is 5.56 Å². The van der Waals surface area contributed by atoms with Crippen LogP contribution >= 0.6 is 11.8 Å². The van der Waals surface area contributed by atoms with E-state index in [9.17, 15) is 14.4 Å². The number of amides is 1. The van der Waals surface area contributed by atoms with E-state index in [1.54, 1.807) is 47.9 Å². The van der Waals surface area contributed by atoms with Gasteiger partial charge in [-0.3, -0.25) is 19.0 Å². The van der Waals surface area contributed by atoms with Crippen molar-refractivity contribution in [1.82, 2.24) is 9.55 Å². The number of carbonyl (C=O) groups excluding carboxylic acids is 2. The summed E-state index contributed by atoms with van der Waals surface area (Å²) in [5.74, 6) is -0.262. The van der Waals surface area contributed by atoms with Gasteiger partial charge in [-0.05, 0) is 62.4 Å². The molecule has 0 saturated carbocycles. The van der Waals surface area contributed by atoms with Gasteiger partial charge in [0.15, 0.2) is 10.9 Å². The molecule has 4 aromatic rings. The van der Waals surface area contributed by atoms with E-state index >= 15 is 0 Å². The molecule has 1 atom stereocenters. The number of fused-ring (bicyclic) bond motifs is 1. The fourth-order valence-corrected chi connectivity index (χ4v) is 4.48. The highest BCUT2D eigenvalue weighted by atomic mass is 32.2. The van der Waals surface area contributed by atoms with Crippen LogP contribution in [-0.2, 0) is 4.79 Å². The maximum absolute atomic E-state index is 13.4. The lowest BCUT2D eigenvalue weighted by atomic mass is 10.1. The van der Waals surface area contributed by atoms with E-state index < -0.39 is 5.25 Å². The first kappa shape index (κ1) is 22.5. The maximum atomic E-state index is 13.4. The first-order valence-electron chi connectivity index (χ1n) is 10.5. The van der Waals surface area contributed by atoms with Gasteiger partial charge in [0.1, 0.15) is 0 Å². The van der Waals surface area contributed by atoms with Crippen molar-refractivity contribution < 1.29 is 9.59 Å². The van der Waals surface area contributed by atoms with Gasteiger partial charge in [0.05, 0.1) is 21.8 Å². The lowest BCUT2D eigenvalue weighted by molar-refractivity contribution is -0.114. The molecular weight excluding hydrogens is 434 g/mol. The number of ketones is 1. The number of nitrogens with zero attached hydrogens (tertiary/aromatic N) is 2. The normalized spacial score (nSPS) is 11.8. The molecule has 3 aromatic carbocycles. The third-order valence-electron chi connectivity index (χ3n) is 5.18. The van der Waals surface area contributed by atoms with E-state index in [2.05, 4.69) is 5.32 Å². The van der Waals surface area contributed by atoms with Crippen LogP contribution in [0.15, 0.2) is 82.7 Å². The number of rotatable bonds is 6. The molecular formula is C26H23N3O3S. The minimum atomic E-state index is -0.485. The van der Waals surface area contributed by atoms with Crippen molar-refractivity contribution in [3.05, 3.63) is 94.3 Å². The number of aromatic nitrogens is 2. The summed E-state index contributed by atoms with van der Waals surface area (Å²) >= 11 is 1.25. The lowest BCUT2D eigenvalue weighted by Gasteiger charge is -2.16. The predicted molar refractivity (Wildman–Crippen MR) is 132 cm³/mol. The second-order valence-corrected chi connectivity index (χ2v) is 9.08. The average molecular weight is 458 g/mol. The highest BCUT2D eigenvalue weighted by Crippen LogP contribution is 2.27. The Kier molecular flexibility index (Phi) is 6.42. The molecule has 0 saturated heterocycles. The number of aryl methyl sites for hydroxylation is 1. The highest BCUT2D eigenvalue weighted by molar-refractivity contribution is 8.00. The molecule has 1 N–H and O–H groups in total. The van der Waals surface area contributed by atoms with Crippen LogP contribution in [-0.4, -0.2) is 26.5 Å². The van der Waals surface area contributed by atoms with Crippen LogP contribution in [0.2, 0.25) is 0 Å². The molecule has 0 aliphatic rings. The number of nitrogens with one attached hydrogen (secondary N) is 1. The molecule has 1 heterocycles. The summed E-state index contributed by atoms with van der Waals surface area (Å²) in [5.41, 5.74) is 3.35. The minimum absolute atomic E-state index is 0.0905. The zero-order chi connectivity index (χ0) is 23.5. The average Bonchev–Trinajstić information content (AvgIpc) is 2.80. The van der Waals surface area contributed by atoms with Gasteiger partial charge in [0.2, 0.25) is 5.91 Å². The van der Waals surface area contributed by atoms with E-state index in [-0.39, 0.29) is 17.2 Å². The Morgan fingerprint density at radius 3 is 2.30 bits per heavy atom. The van der Waals surface area contributed by atoms with E-state index in [1.165, 1.54) is 18.7 Å². The van der Waals surface area contributed by atoms with Crippen molar-refractivity contribution in [1.29, 1.82) is 0 Å². The topological polar surface area (TPSA) is 81.1 Å². The molecule has 7 heteroatoms. The molecule has 6 nitrogen and oxygen atoms in total. The smallest absolute Gasteiger partial charge is 0.266 e. The molecule has 1 aromatic heterocycles. The minimum Gasteiger partial charge on any atom is -0.326 e. The summed E-state index contributed by atoms with van der Waals surface area (Å²) in [6, 6.07) is 21.6. The van der Waals surface area contributed by atoms with Crippen LogP contribution in [0, 0.1) is 6.92 Å². The summed E-state index contributed by atoms with van der Waals surface area (Å²) in [6.07, 6.45) is 0. The maximum Gasteiger partial charge on any atom is 0.266 e. The first-order chi connectivity index (χ1) is 15.8. The molecule has 0 spiro atoms. The Labute approximate surface area is 195 Å². The number of Topliss-reactive ketones (excluding diaryl/α,β-unsaturated/α-hetero) is 1. The van der Waals surface area contributed by atoms with Gasteiger partial charge >= 0.3 is 0 Å².